The molecule has 1 unspecified atom stereocenters. The molecular weight excluding hydrogens is 276 g/mol. The molecule has 0 radical (unpaired) electrons. The Labute approximate surface area is 119 Å². The molecule has 0 aromatic heterocycles. The van der Waals surface area contributed by atoms with Crippen molar-refractivity contribution >= 4 is 23.7 Å². The fraction of sp³-hybridized carbons (Fsp3) is 0.286. The summed E-state index contributed by atoms with van der Waals surface area (Å²) in [6, 6.07) is 5.95. The Kier molecular flexibility index (Phi) is 3.17. The van der Waals surface area contributed by atoms with Crippen LogP contribution in [-0.4, -0.2) is 34.8 Å². The van der Waals surface area contributed by atoms with Crippen molar-refractivity contribution in [3.05, 3.63) is 35.4 Å². The minimum absolute atomic E-state index is 0.0703. The molecule has 2 aliphatic heterocycles. The highest BCUT2D eigenvalue weighted by Gasteiger charge is 2.39. The van der Waals surface area contributed by atoms with E-state index in [0.29, 0.717) is 17.9 Å². The third-order valence-corrected chi connectivity index (χ3v) is 3.45. The number of amides is 3. The van der Waals surface area contributed by atoms with E-state index in [1.165, 1.54) is 12.1 Å². The number of carbonyl (C=O) groups excluding carboxylic acids is 4. The van der Waals surface area contributed by atoms with Crippen molar-refractivity contribution < 1.29 is 24.0 Å². The number of nitrogens with one attached hydrogen (secondary N) is 1. The van der Waals surface area contributed by atoms with Crippen molar-refractivity contribution in [1.82, 2.24) is 10.4 Å². The number of hydrogen-bond donors (Lipinski definition) is 1. The van der Waals surface area contributed by atoms with Crippen molar-refractivity contribution in [1.29, 1.82) is 0 Å². The highest BCUT2D eigenvalue weighted by molar-refractivity contribution is 6.20. The first-order valence-corrected chi connectivity index (χ1v) is 6.54. The second-order valence-corrected chi connectivity index (χ2v) is 4.92. The zero-order valence-electron chi connectivity index (χ0n) is 11.0. The second-order valence-electron chi connectivity index (χ2n) is 4.92. The van der Waals surface area contributed by atoms with E-state index >= 15 is 0 Å². The van der Waals surface area contributed by atoms with Gasteiger partial charge in [0.25, 0.3) is 11.8 Å². The normalized spacial score (nSPS) is 20.5. The van der Waals surface area contributed by atoms with E-state index in [-0.39, 0.29) is 29.5 Å². The Hall–Kier alpha value is -2.70. The monoisotopic (exact) mass is 288 g/mol. The van der Waals surface area contributed by atoms with E-state index in [0.717, 1.165) is 0 Å². The molecule has 21 heavy (non-hydrogen) atoms. The van der Waals surface area contributed by atoms with Crippen LogP contribution in [0.5, 0.6) is 0 Å². The average Bonchev–Trinajstić information content (AvgIpc) is 2.97. The first-order chi connectivity index (χ1) is 10.1. The number of benzene rings is 1. The lowest BCUT2D eigenvalue weighted by molar-refractivity contribution is -0.169. The molecule has 7 heteroatoms. The predicted molar refractivity (Wildman–Crippen MR) is 68.8 cm³/mol. The van der Waals surface area contributed by atoms with E-state index < -0.39 is 17.8 Å². The van der Waals surface area contributed by atoms with E-state index in [1.54, 1.807) is 12.1 Å². The topological polar surface area (TPSA) is 92.8 Å². The maximum absolute atomic E-state index is 12.0. The van der Waals surface area contributed by atoms with Gasteiger partial charge in [-0.3, -0.25) is 14.4 Å². The van der Waals surface area contributed by atoms with Crippen LogP contribution in [0, 0.1) is 0 Å². The molecule has 1 N–H and O–H groups in total. The lowest BCUT2D eigenvalue weighted by Gasteiger charge is -2.14. The highest BCUT2D eigenvalue weighted by atomic mass is 16.7. The van der Waals surface area contributed by atoms with E-state index in [1.807, 2.05) is 0 Å². The minimum atomic E-state index is -0.725. The Morgan fingerprint density at radius 1 is 1.19 bits per heavy atom. The lowest BCUT2D eigenvalue weighted by Crippen LogP contribution is -2.35. The summed E-state index contributed by atoms with van der Waals surface area (Å²) in [6.07, 6.45) is 0.833. The first kappa shape index (κ1) is 13.3. The summed E-state index contributed by atoms with van der Waals surface area (Å²) in [5, 5.41) is 3.10. The molecule has 2 heterocycles. The van der Waals surface area contributed by atoms with Crippen LogP contribution in [-0.2, 0) is 14.4 Å². The molecule has 3 amide bonds. The summed E-state index contributed by atoms with van der Waals surface area (Å²) in [5.41, 5.74) is 0.425. The molecule has 1 fully saturated rings. The number of hydroxylamine groups is 2. The smallest absolute Gasteiger partial charge is 0.335 e. The first-order valence-electron chi connectivity index (χ1n) is 6.54. The molecule has 1 aromatic rings. The van der Waals surface area contributed by atoms with E-state index in [4.69, 9.17) is 4.84 Å². The number of imide groups is 1. The molecule has 7 nitrogen and oxygen atoms in total. The van der Waals surface area contributed by atoms with E-state index in [9.17, 15) is 19.2 Å². The van der Waals surface area contributed by atoms with Gasteiger partial charge in [-0.2, -0.15) is 0 Å². The number of carbonyl (C=O) groups is 4. The van der Waals surface area contributed by atoms with Crippen LogP contribution in [0.2, 0.25) is 0 Å². The van der Waals surface area contributed by atoms with Gasteiger partial charge in [-0.05, 0) is 18.6 Å². The minimum Gasteiger partial charge on any atom is -0.353 e. The molecule has 1 aromatic carbocycles. The molecule has 2 aliphatic rings. The van der Waals surface area contributed by atoms with Crippen molar-refractivity contribution in [2.45, 2.75) is 25.3 Å². The maximum Gasteiger partial charge on any atom is 0.335 e. The Bertz CT molecular complexity index is 620. The van der Waals surface area contributed by atoms with Gasteiger partial charge >= 0.3 is 5.97 Å². The third kappa shape index (κ3) is 2.37. The molecular formula is C14H12N2O5. The number of hydrogen-bond acceptors (Lipinski definition) is 5. The van der Waals surface area contributed by atoms with Crippen LogP contribution in [0.15, 0.2) is 24.3 Å². The largest absolute Gasteiger partial charge is 0.353 e. The van der Waals surface area contributed by atoms with Gasteiger partial charge in [0.15, 0.2) is 0 Å². The Morgan fingerprint density at radius 3 is 2.33 bits per heavy atom. The van der Waals surface area contributed by atoms with Crippen LogP contribution in [0.1, 0.15) is 40.0 Å². The summed E-state index contributed by atoms with van der Waals surface area (Å²) >= 11 is 0. The van der Waals surface area contributed by atoms with Crippen LogP contribution in [0.4, 0.5) is 0 Å². The summed E-state index contributed by atoms with van der Waals surface area (Å²) in [5.74, 6) is -2.15. The maximum atomic E-state index is 12.0. The van der Waals surface area contributed by atoms with Gasteiger partial charge in [-0.1, -0.05) is 17.2 Å². The summed E-state index contributed by atoms with van der Waals surface area (Å²) < 4.78 is 0. The lowest BCUT2D eigenvalue weighted by atomic mass is 10.1. The van der Waals surface area contributed by atoms with Crippen LogP contribution in [0.25, 0.3) is 0 Å². The standard InChI is InChI=1S/C14H12N2O5/c17-11-6-5-8(15-11)7-12(18)21-16-13(19)9-3-1-2-4-10(9)14(16)20/h1-4,8H,5-7H2,(H,15,17). The van der Waals surface area contributed by atoms with Crippen LogP contribution >= 0.6 is 0 Å². The average molecular weight is 288 g/mol. The number of rotatable bonds is 3. The molecule has 3 rings (SSSR count). The summed E-state index contributed by atoms with van der Waals surface area (Å²) in [4.78, 5) is 51.7. The van der Waals surface area contributed by atoms with Gasteiger partial charge in [-0.15, -0.1) is 0 Å². The fourth-order valence-corrected chi connectivity index (χ4v) is 2.42. The Morgan fingerprint density at radius 2 is 1.81 bits per heavy atom. The molecule has 0 spiro atoms. The van der Waals surface area contributed by atoms with Crippen molar-refractivity contribution in [3.63, 3.8) is 0 Å². The molecule has 0 bridgehead atoms. The zero-order valence-corrected chi connectivity index (χ0v) is 11.0. The molecule has 1 atom stereocenters. The molecule has 108 valence electrons. The fourth-order valence-electron chi connectivity index (χ4n) is 2.42. The molecule has 0 aliphatic carbocycles. The van der Waals surface area contributed by atoms with Gasteiger partial charge in [-0.25, -0.2) is 4.79 Å². The summed E-state index contributed by atoms with van der Waals surface area (Å²) in [7, 11) is 0. The van der Waals surface area contributed by atoms with Crippen LogP contribution in [0.3, 0.4) is 0 Å². The Balaban J connectivity index is 1.66. The van der Waals surface area contributed by atoms with Crippen molar-refractivity contribution in [2.24, 2.45) is 0 Å². The molecule has 1 saturated heterocycles. The van der Waals surface area contributed by atoms with Gasteiger partial charge in [0.1, 0.15) is 0 Å². The van der Waals surface area contributed by atoms with Gasteiger partial charge in [0.2, 0.25) is 5.91 Å². The number of nitrogens with zero attached hydrogens (tertiary/aromatic N) is 1. The van der Waals surface area contributed by atoms with Gasteiger partial charge in [0.05, 0.1) is 17.5 Å². The van der Waals surface area contributed by atoms with Crippen molar-refractivity contribution in [2.75, 3.05) is 0 Å². The van der Waals surface area contributed by atoms with Gasteiger partial charge in [0, 0.05) is 12.5 Å². The second kappa shape index (κ2) is 5.01. The SMILES string of the molecule is O=C1CCC(CC(=O)ON2C(=O)c3ccccc3C2=O)N1. The third-order valence-electron chi connectivity index (χ3n) is 3.45. The van der Waals surface area contributed by atoms with Crippen LogP contribution < -0.4 is 5.32 Å². The summed E-state index contributed by atoms with van der Waals surface area (Å²) in [6.45, 7) is 0. The molecule has 0 saturated carbocycles. The quantitative estimate of drug-likeness (QED) is 0.813. The predicted octanol–water partition coefficient (Wildman–Crippen LogP) is 0.410. The van der Waals surface area contributed by atoms with Gasteiger partial charge < -0.3 is 10.2 Å². The van der Waals surface area contributed by atoms with Crippen molar-refractivity contribution in [3.8, 4) is 0 Å². The highest BCUT2D eigenvalue weighted by Crippen LogP contribution is 2.23. The zero-order chi connectivity index (χ0) is 15.0. The van der Waals surface area contributed by atoms with E-state index in [2.05, 4.69) is 5.32 Å². The number of fused-ring (bicyclic) bond motifs is 1.